The van der Waals surface area contributed by atoms with Gasteiger partial charge in [-0.25, -0.2) is 0 Å². The van der Waals surface area contributed by atoms with E-state index in [1.165, 1.54) is 66.8 Å². The summed E-state index contributed by atoms with van der Waals surface area (Å²) in [6.45, 7) is 9.59. The maximum atomic E-state index is 2.56. The molecule has 0 spiro atoms. The van der Waals surface area contributed by atoms with E-state index in [2.05, 4.69) is 137 Å². The van der Waals surface area contributed by atoms with Crippen molar-refractivity contribution in [2.24, 2.45) is 0 Å². The van der Waals surface area contributed by atoms with Crippen molar-refractivity contribution in [3.05, 3.63) is 154 Å². The van der Waals surface area contributed by atoms with Crippen molar-refractivity contribution in [2.45, 2.75) is 64.2 Å². The van der Waals surface area contributed by atoms with Gasteiger partial charge in [-0.05, 0) is 116 Å². The smallest absolute Gasteiger partial charge is 0.0159 e. The third-order valence-electron chi connectivity index (χ3n) is 10.6. The maximum absolute atomic E-state index is 2.56. The summed E-state index contributed by atoms with van der Waals surface area (Å²) in [7, 11) is 0. The van der Waals surface area contributed by atoms with Crippen LogP contribution in [0.15, 0.2) is 126 Å². The number of allylic oxidation sites excluding steroid dienone is 8. The zero-order valence-electron chi connectivity index (χ0n) is 25.2. The first kappa shape index (κ1) is 25.5. The molecule has 206 valence electrons. The molecule has 0 nitrogen and oxygen atoms in total. The van der Waals surface area contributed by atoms with Crippen molar-refractivity contribution < 1.29 is 0 Å². The highest BCUT2D eigenvalue weighted by molar-refractivity contribution is 5.87. The zero-order chi connectivity index (χ0) is 28.6. The third-order valence-corrected chi connectivity index (χ3v) is 10.6. The maximum Gasteiger partial charge on any atom is 0.0159 e. The van der Waals surface area contributed by atoms with Gasteiger partial charge < -0.3 is 0 Å². The van der Waals surface area contributed by atoms with Crippen molar-refractivity contribution in [3.63, 3.8) is 0 Å². The van der Waals surface area contributed by atoms with Crippen molar-refractivity contribution in [3.8, 4) is 22.3 Å². The molecule has 8 rings (SSSR count). The summed E-state index contributed by atoms with van der Waals surface area (Å²) in [6, 6.07) is 34.0. The van der Waals surface area contributed by atoms with E-state index < -0.39 is 0 Å². The van der Waals surface area contributed by atoms with Crippen LogP contribution < -0.4 is 0 Å². The van der Waals surface area contributed by atoms with Crippen molar-refractivity contribution in [1.82, 2.24) is 0 Å². The van der Waals surface area contributed by atoms with E-state index in [1.807, 2.05) is 0 Å². The first-order valence-corrected chi connectivity index (χ1v) is 15.6. The van der Waals surface area contributed by atoms with Gasteiger partial charge >= 0.3 is 0 Å². The van der Waals surface area contributed by atoms with Crippen molar-refractivity contribution in [1.29, 1.82) is 0 Å². The molecule has 0 saturated heterocycles. The molecule has 4 aliphatic carbocycles. The largest absolute Gasteiger partial charge is 0.0622 e. The molecule has 0 bridgehead atoms. The van der Waals surface area contributed by atoms with E-state index in [0.29, 0.717) is 0 Å². The second-order valence-electron chi connectivity index (χ2n) is 13.6. The van der Waals surface area contributed by atoms with E-state index in [9.17, 15) is 0 Å². The van der Waals surface area contributed by atoms with E-state index in [-0.39, 0.29) is 10.8 Å². The number of hydrogen-bond donors (Lipinski definition) is 0. The number of rotatable bonds is 3. The number of benzene rings is 4. The van der Waals surface area contributed by atoms with Gasteiger partial charge in [-0.3, -0.25) is 0 Å². The van der Waals surface area contributed by atoms with Crippen LogP contribution in [0.4, 0.5) is 0 Å². The van der Waals surface area contributed by atoms with Crippen LogP contribution in [0, 0.1) is 0 Å². The second-order valence-corrected chi connectivity index (χ2v) is 13.6. The van der Waals surface area contributed by atoms with E-state index >= 15 is 0 Å². The zero-order valence-corrected chi connectivity index (χ0v) is 25.2. The molecule has 0 heteroatoms. The number of hydrogen-bond acceptors (Lipinski definition) is 0. The van der Waals surface area contributed by atoms with Crippen LogP contribution in [0.1, 0.15) is 81.2 Å². The topological polar surface area (TPSA) is 0 Å². The Bertz CT molecular complexity index is 1900. The van der Waals surface area contributed by atoms with Crippen LogP contribution in [0.5, 0.6) is 0 Å². The highest BCUT2D eigenvalue weighted by atomic mass is 14.4. The minimum atomic E-state index is 0.0200. The number of fused-ring (bicyclic) bond motifs is 5. The summed E-state index contributed by atoms with van der Waals surface area (Å²) in [5, 5.41) is 0. The first-order valence-electron chi connectivity index (χ1n) is 15.6. The quantitative estimate of drug-likeness (QED) is 0.241. The summed E-state index contributed by atoms with van der Waals surface area (Å²) in [5.41, 5.74) is 20.3. The normalized spacial score (nSPS) is 19.3. The standard InChI is InChI=1S/C42H38/c1-41(2)37-13-9-8-12-33(37)34-21-19-31(25-38(34)41)28-14-16-29(17-15-28)32-20-23-36-35-22-18-30(27-10-6-5-7-11-27)24-39(35)42(3,4)40(36)26-32/h5-14,16,18-19,21-22,24-26H,15,17,20,23H2,1-4H3. The van der Waals surface area contributed by atoms with Crippen molar-refractivity contribution >= 4 is 11.1 Å². The molecular weight excluding hydrogens is 504 g/mol. The SMILES string of the molecule is CC1(C)C2=C(CCC(C3=CC=C(c4ccc5c(c4)C(C)(C)c4ccccc4-5)CC3)=C2)c2ccc(-c3ccccc3)cc21. The van der Waals surface area contributed by atoms with E-state index in [0.717, 1.165) is 25.7 Å². The molecule has 42 heavy (non-hydrogen) atoms. The third kappa shape index (κ3) is 3.74. The summed E-state index contributed by atoms with van der Waals surface area (Å²) in [4.78, 5) is 0. The van der Waals surface area contributed by atoms with Crippen LogP contribution >= 0.6 is 0 Å². The Hall–Kier alpha value is -4.16. The molecule has 0 aliphatic heterocycles. The average molecular weight is 543 g/mol. The predicted molar refractivity (Wildman–Crippen MR) is 178 cm³/mol. The Morgan fingerprint density at radius 1 is 0.452 bits per heavy atom. The lowest BCUT2D eigenvalue weighted by Gasteiger charge is -2.27. The lowest BCUT2D eigenvalue weighted by atomic mass is 9.76. The van der Waals surface area contributed by atoms with Crippen LogP contribution in [0.2, 0.25) is 0 Å². The predicted octanol–water partition coefficient (Wildman–Crippen LogP) is 11.2. The lowest BCUT2D eigenvalue weighted by molar-refractivity contribution is 0.649. The van der Waals surface area contributed by atoms with Gasteiger partial charge in [0.15, 0.2) is 0 Å². The molecule has 0 heterocycles. The Morgan fingerprint density at radius 3 is 1.88 bits per heavy atom. The fraction of sp³-hybridized carbons (Fsp3) is 0.238. The highest BCUT2D eigenvalue weighted by Crippen LogP contribution is 2.53. The molecule has 0 amide bonds. The molecule has 4 aromatic rings. The van der Waals surface area contributed by atoms with Gasteiger partial charge in [-0.15, -0.1) is 0 Å². The molecule has 0 atom stereocenters. The van der Waals surface area contributed by atoms with Gasteiger partial charge in [0.05, 0.1) is 0 Å². The molecule has 0 radical (unpaired) electrons. The molecule has 0 saturated carbocycles. The molecule has 0 unspecified atom stereocenters. The molecule has 4 aromatic carbocycles. The van der Waals surface area contributed by atoms with Gasteiger partial charge in [0.1, 0.15) is 0 Å². The average Bonchev–Trinajstić information content (AvgIpc) is 3.40. The highest BCUT2D eigenvalue weighted by Gasteiger charge is 2.39. The lowest BCUT2D eigenvalue weighted by Crippen LogP contribution is -2.17. The fourth-order valence-corrected chi connectivity index (χ4v) is 8.15. The molecule has 0 N–H and O–H groups in total. The minimum Gasteiger partial charge on any atom is -0.0622 e. The Morgan fingerprint density at radius 2 is 1.07 bits per heavy atom. The van der Waals surface area contributed by atoms with Gasteiger partial charge in [0.2, 0.25) is 0 Å². The summed E-state index contributed by atoms with van der Waals surface area (Å²) < 4.78 is 0. The fourth-order valence-electron chi connectivity index (χ4n) is 8.15. The summed E-state index contributed by atoms with van der Waals surface area (Å²) in [5.74, 6) is 0. The second kappa shape index (κ2) is 9.17. The van der Waals surface area contributed by atoms with Crippen LogP contribution in [-0.2, 0) is 10.8 Å². The van der Waals surface area contributed by atoms with Crippen molar-refractivity contribution in [2.75, 3.05) is 0 Å². The van der Waals surface area contributed by atoms with E-state index in [1.54, 1.807) is 11.1 Å². The molecule has 0 fully saturated rings. The van der Waals surface area contributed by atoms with Gasteiger partial charge in [-0.1, -0.05) is 125 Å². The van der Waals surface area contributed by atoms with Gasteiger partial charge in [-0.2, -0.15) is 0 Å². The molecular formula is C42H38. The Balaban J connectivity index is 1.09. The van der Waals surface area contributed by atoms with Crippen LogP contribution in [0.3, 0.4) is 0 Å². The van der Waals surface area contributed by atoms with Crippen LogP contribution in [-0.4, -0.2) is 0 Å². The van der Waals surface area contributed by atoms with Gasteiger partial charge in [0, 0.05) is 10.8 Å². The van der Waals surface area contributed by atoms with Gasteiger partial charge in [0.25, 0.3) is 0 Å². The monoisotopic (exact) mass is 542 g/mol. The van der Waals surface area contributed by atoms with E-state index in [4.69, 9.17) is 0 Å². The van der Waals surface area contributed by atoms with Crippen LogP contribution in [0.25, 0.3) is 33.4 Å². The summed E-state index contributed by atoms with van der Waals surface area (Å²) in [6.07, 6.45) is 11.9. The molecule has 4 aliphatic rings. The first-order chi connectivity index (χ1) is 20.3. The molecule has 0 aromatic heterocycles. The summed E-state index contributed by atoms with van der Waals surface area (Å²) >= 11 is 0. The Kier molecular flexibility index (Phi) is 5.58. The Labute approximate surface area is 250 Å². The minimum absolute atomic E-state index is 0.0200.